The van der Waals surface area contributed by atoms with Gasteiger partial charge < -0.3 is 4.74 Å². The number of esters is 1. The van der Waals surface area contributed by atoms with Crippen LogP contribution in [0.3, 0.4) is 0 Å². The molecule has 6 heteroatoms. The fourth-order valence-electron chi connectivity index (χ4n) is 1.58. The van der Waals surface area contributed by atoms with Crippen LogP contribution in [0, 0.1) is 6.92 Å². The summed E-state index contributed by atoms with van der Waals surface area (Å²) in [5.41, 5.74) is 0.463. The standard InChI is InChI=1S/C17H23NO4S/c1-14-9-11-15(12-10-14)23(20,21)18-13-7-5-6-8-16(19)22-17(2,3)4/h5-12,18H,13H2,1-4H3/b7-5-,8-6+. The zero-order valence-electron chi connectivity index (χ0n) is 13.9. The van der Waals surface area contributed by atoms with Crippen LogP contribution in [0.2, 0.25) is 0 Å². The maximum absolute atomic E-state index is 12.0. The van der Waals surface area contributed by atoms with Gasteiger partial charge in [0.25, 0.3) is 0 Å². The zero-order valence-corrected chi connectivity index (χ0v) is 14.7. The third kappa shape index (κ3) is 7.76. The largest absolute Gasteiger partial charge is 0.457 e. The molecule has 0 amide bonds. The lowest BCUT2D eigenvalue weighted by atomic mass is 10.2. The van der Waals surface area contributed by atoms with E-state index in [1.54, 1.807) is 57.2 Å². The minimum atomic E-state index is -3.52. The van der Waals surface area contributed by atoms with Crippen molar-refractivity contribution in [2.24, 2.45) is 0 Å². The van der Waals surface area contributed by atoms with Gasteiger partial charge in [0.05, 0.1) is 4.90 Å². The molecule has 0 aliphatic heterocycles. The van der Waals surface area contributed by atoms with E-state index in [4.69, 9.17) is 4.74 Å². The van der Waals surface area contributed by atoms with Crippen molar-refractivity contribution in [1.29, 1.82) is 0 Å². The fourth-order valence-corrected chi connectivity index (χ4v) is 2.55. The SMILES string of the molecule is Cc1ccc(S(=O)(=O)NC/C=C\C=C\C(=O)OC(C)(C)C)cc1. The predicted molar refractivity (Wildman–Crippen MR) is 90.5 cm³/mol. The Labute approximate surface area is 138 Å². The molecule has 0 heterocycles. The number of benzene rings is 1. The van der Waals surface area contributed by atoms with Gasteiger partial charge in [-0.2, -0.15) is 0 Å². The van der Waals surface area contributed by atoms with Gasteiger partial charge in [-0.15, -0.1) is 0 Å². The van der Waals surface area contributed by atoms with Crippen molar-refractivity contribution >= 4 is 16.0 Å². The molecule has 0 aliphatic rings. The van der Waals surface area contributed by atoms with Gasteiger partial charge in [-0.05, 0) is 39.8 Å². The van der Waals surface area contributed by atoms with Crippen molar-refractivity contribution in [3.05, 3.63) is 54.1 Å². The summed E-state index contributed by atoms with van der Waals surface area (Å²) < 4.78 is 31.6. The lowest BCUT2D eigenvalue weighted by molar-refractivity contribution is -0.148. The van der Waals surface area contributed by atoms with Gasteiger partial charge in [0.15, 0.2) is 0 Å². The van der Waals surface area contributed by atoms with Gasteiger partial charge in [0.1, 0.15) is 5.60 Å². The van der Waals surface area contributed by atoms with Gasteiger partial charge in [-0.25, -0.2) is 17.9 Å². The quantitative estimate of drug-likeness (QED) is 0.492. The Bertz CT molecular complexity index is 680. The summed E-state index contributed by atoms with van der Waals surface area (Å²) >= 11 is 0. The summed E-state index contributed by atoms with van der Waals surface area (Å²) in [6.07, 6.45) is 5.98. The molecule has 1 aromatic carbocycles. The molecule has 126 valence electrons. The maximum atomic E-state index is 12.0. The van der Waals surface area contributed by atoms with Gasteiger partial charge in [-0.3, -0.25) is 0 Å². The first-order chi connectivity index (χ1) is 10.6. The number of hydrogen-bond acceptors (Lipinski definition) is 4. The van der Waals surface area contributed by atoms with Crippen LogP contribution in [0.1, 0.15) is 26.3 Å². The highest BCUT2D eigenvalue weighted by molar-refractivity contribution is 7.89. The van der Waals surface area contributed by atoms with E-state index in [0.29, 0.717) is 0 Å². The van der Waals surface area contributed by atoms with E-state index in [-0.39, 0.29) is 11.4 Å². The number of hydrogen-bond donors (Lipinski definition) is 1. The molecule has 0 fully saturated rings. The van der Waals surface area contributed by atoms with Gasteiger partial charge in [-0.1, -0.05) is 35.9 Å². The van der Waals surface area contributed by atoms with Crippen molar-refractivity contribution in [1.82, 2.24) is 4.72 Å². The highest BCUT2D eigenvalue weighted by atomic mass is 32.2. The number of allylic oxidation sites excluding steroid dienone is 2. The van der Waals surface area contributed by atoms with E-state index >= 15 is 0 Å². The molecule has 0 aliphatic carbocycles. The Morgan fingerprint density at radius 1 is 1.17 bits per heavy atom. The van der Waals surface area contributed by atoms with Gasteiger partial charge in [0, 0.05) is 12.6 Å². The Morgan fingerprint density at radius 3 is 2.35 bits per heavy atom. The van der Waals surface area contributed by atoms with Crippen LogP contribution < -0.4 is 4.72 Å². The lowest BCUT2D eigenvalue weighted by Gasteiger charge is -2.17. The zero-order chi connectivity index (χ0) is 17.5. The number of ether oxygens (including phenoxy) is 1. The van der Waals surface area contributed by atoms with E-state index in [1.807, 2.05) is 6.92 Å². The predicted octanol–water partition coefficient (Wildman–Crippen LogP) is 2.73. The smallest absolute Gasteiger partial charge is 0.331 e. The molecule has 1 N–H and O–H groups in total. The van der Waals surface area contributed by atoms with Crippen LogP contribution in [-0.2, 0) is 19.6 Å². The van der Waals surface area contributed by atoms with Crippen molar-refractivity contribution in [3.8, 4) is 0 Å². The van der Waals surface area contributed by atoms with Crippen LogP contribution >= 0.6 is 0 Å². The van der Waals surface area contributed by atoms with Crippen LogP contribution in [-0.4, -0.2) is 26.5 Å². The second kappa shape index (κ2) is 8.08. The van der Waals surface area contributed by atoms with Crippen LogP contribution in [0.4, 0.5) is 0 Å². The third-order valence-electron chi connectivity index (χ3n) is 2.61. The Hall–Kier alpha value is -1.92. The highest BCUT2D eigenvalue weighted by Gasteiger charge is 2.13. The molecule has 0 aromatic heterocycles. The van der Waals surface area contributed by atoms with Crippen LogP contribution in [0.25, 0.3) is 0 Å². The number of aryl methyl sites for hydroxylation is 1. The average molecular weight is 337 g/mol. The van der Waals surface area contributed by atoms with Crippen molar-refractivity contribution in [2.45, 2.75) is 38.2 Å². The van der Waals surface area contributed by atoms with Gasteiger partial charge >= 0.3 is 5.97 Å². The normalized spacial score (nSPS) is 12.9. The first-order valence-corrected chi connectivity index (χ1v) is 8.71. The Balaban J connectivity index is 2.47. The maximum Gasteiger partial charge on any atom is 0.331 e. The third-order valence-corrected chi connectivity index (χ3v) is 4.05. The molecule has 1 aromatic rings. The number of nitrogens with one attached hydrogen (secondary N) is 1. The molecule has 1 rings (SSSR count). The lowest BCUT2D eigenvalue weighted by Crippen LogP contribution is -2.23. The molecular formula is C17H23NO4S. The summed E-state index contributed by atoms with van der Waals surface area (Å²) in [5.74, 6) is -0.442. The van der Waals surface area contributed by atoms with Crippen molar-refractivity contribution < 1.29 is 17.9 Å². The fraction of sp³-hybridized carbons (Fsp3) is 0.353. The van der Waals surface area contributed by atoms with Crippen LogP contribution in [0.5, 0.6) is 0 Å². The summed E-state index contributed by atoms with van der Waals surface area (Å²) in [6, 6.07) is 6.61. The number of carbonyl (C=O) groups excluding carboxylic acids is 1. The second-order valence-electron chi connectivity index (χ2n) is 5.99. The summed E-state index contributed by atoms with van der Waals surface area (Å²) in [6.45, 7) is 7.38. The second-order valence-corrected chi connectivity index (χ2v) is 7.75. The number of carbonyl (C=O) groups is 1. The molecule has 0 radical (unpaired) electrons. The van der Waals surface area contributed by atoms with Crippen molar-refractivity contribution in [3.63, 3.8) is 0 Å². The number of sulfonamides is 1. The summed E-state index contributed by atoms with van der Waals surface area (Å²) in [7, 11) is -3.52. The Kier molecular flexibility index (Phi) is 6.72. The summed E-state index contributed by atoms with van der Waals surface area (Å²) in [5, 5.41) is 0. The van der Waals surface area contributed by atoms with Crippen LogP contribution in [0.15, 0.2) is 53.5 Å². The first kappa shape index (κ1) is 19.1. The molecule has 0 atom stereocenters. The highest BCUT2D eigenvalue weighted by Crippen LogP contribution is 2.09. The molecule has 0 bridgehead atoms. The molecule has 0 unspecified atom stereocenters. The Morgan fingerprint density at radius 2 is 1.78 bits per heavy atom. The van der Waals surface area contributed by atoms with E-state index in [1.165, 1.54) is 12.2 Å². The molecule has 5 nitrogen and oxygen atoms in total. The topological polar surface area (TPSA) is 72.5 Å². The molecule has 23 heavy (non-hydrogen) atoms. The molecule has 0 saturated heterocycles. The van der Waals surface area contributed by atoms with E-state index in [2.05, 4.69) is 4.72 Å². The minimum Gasteiger partial charge on any atom is -0.457 e. The average Bonchev–Trinajstić information content (AvgIpc) is 2.41. The van der Waals surface area contributed by atoms with Crippen molar-refractivity contribution in [2.75, 3.05) is 6.54 Å². The number of rotatable bonds is 6. The van der Waals surface area contributed by atoms with E-state index in [0.717, 1.165) is 5.56 Å². The first-order valence-electron chi connectivity index (χ1n) is 7.23. The molecule has 0 saturated carbocycles. The van der Waals surface area contributed by atoms with E-state index in [9.17, 15) is 13.2 Å². The summed E-state index contributed by atoms with van der Waals surface area (Å²) in [4.78, 5) is 11.6. The van der Waals surface area contributed by atoms with Gasteiger partial charge in [0.2, 0.25) is 10.0 Å². The monoisotopic (exact) mass is 337 g/mol. The van der Waals surface area contributed by atoms with E-state index < -0.39 is 21.6 Å². The minimum absolute atomic E-state index is 0.134. The molecular weight excluding hydrogens is 314 g/mol. The molecule has 0 spiro atoms.